The van der Waals surface area contributed by atoms with Gasteiger partial charge >= 0.3 is 0 Å². The van der Waals surface area contributed by atoms with Crippen LogP contribution in [-0.2, 0) is 13.1 Å². The van der Waals surface area contributed by atoms with Gasteiger partial charge in [0.15, 0.2) is 5.96 Å². The van der Waals surface area contributed by atoms with Crippen molar-refractivity contribution in [3.63, 3.8) is 0 Å². The molecule has 0 unspecified atom stereocenters. The highest BCUT2D eigenvalue weighted by molar-refractivity contribution is 7.09. The normalized spacial score (nSPS) is 11.3. The van der Waals surface area contributed by atoms with Gasteiger partial charge in [-0.15, -0.1) is 11.3 Å². The Kier molecular flexibility index (Phi) is 6.56. The number of nitro benzene ring substituents is 1. The summed E-state index contributed by atoms with van der Waals surface area (Å²) in [6.07, 6.45) is 1.01. The predicted octanol–water partition coefficient (Wildman–Crippen LogP) is 3.30. The second-order valence-corrected chi connectivity index (χ2v) is 5.98. The van der Waals surface area contributed by atoms with Crippen LogP contribution in [0.15, 0.2) is 46.8 Å². The van der Waals surface area contributed by atoms with Crippen LogP contribution in [0.4, 0.5) is 5.69 Å². The summed E-state index contributed by atoms with van der Waals surface area (Å²) >= 11 is 1.70. The number of nitro groups is 1. The molecule has 0 radical (unpaired) electrons. The molecule has 122 valence electrons. The highest BCUT2D eigenvalue weighted by Gasteiger charge is 2.04. The quantitative estimate of drug-likeness (QED) is 0.353. The van der Waals surface area contributed by atoms with Gasteiger partial charge in [0.05, 0.1) is 18.0 Å². The van der Waals surface area contributed by atoms with Crippen LogP contribution >= 0.6 is 11.3 Å². The number of rotatable bonds is 7. The van der Waals surface area contributed by atoms with Crippen molar-refractivity contribution in [2.45, 2.75) is 26.4 Å². The zero-order chi connectivity index (χ0) is 16.5. The van der Waals surface area contributed by atoms with Crippen molar-refractivity contribution in [3.8, 4) is 0 Å². The molecule has 2 N–H and O–H groups in total. The monoisotopic (exact) mass is 332 g/mol. The van der Waals surface area contributed by atoms with Gasteiger partial charge in [-0.2, -0.15) is 0 Å². The van der Waals surface area contributed by atoms with E-state index in [1.54, 1.807) is 23.5 Å². The van der Waals surface area contributed by atoms with E-state index in [-0.39, 0.29) is 5.69 Å². The standard InChI is InChI=1S/C16H20N4O2S/c1-2-9-17-16(19-12-15-4-3-10-23-15)18-11-13-5-7-14(8-6-13)20(21)22/h3-8,10H,2,9,11-12H2,1H3,(H2,17,18,19). The Hall–Kier alpha value is -2.41. The summed E-state index contributed by atoms with van der Waals surface area (Å²) in [5.74, 6) is 0.749. The van der Waals surface area contributed by atoms with Crippen LogP contribution in [0.5, 0.6) is 0 Å². The molecular weight excluding hydrogens is 312 g/mol. The average Bonchev–Trinajstić information content (AvgIpc) is 3.08. The molecule has 0 fully saturated rings. The van der Waals surface area contributed by atoms with Crippen LogP contribution in [0, 0.1) is 10.1 Å². The van der Waals surface area contributed by atoms with Gasteiger partial charge in [-0.05, 0) is 23.4 Å². The van der Waals surface area contributed by atoms with Crippen LogP contribution in [0.1, 0.15) is 23.8 Å². The molecule has 1 heterocycles. The lowest BCUT2D eigenvalue weighted by Crippen LogP contribution is -2.37. The molecule has 0 atom stereocenters. The van der Waals surface area contributed by atoms with Gasteiger partial charge < -0.3 is 10.6 Å². The number of aliphatic imine (C=N–C) groups is 1. The average molecular weight is 332 g/mol. The fourth-order valence-corrected chi connectivity index (χ4v) is 2.54. The van der Waals surface area contributed by atoms with Gasteiger partial charge in [0.2, 0.25) is 0 Å². The number of nitrogens with zero attached hydrogens (tertiary/aromatic N) is 2. The summed E-state index contributed by atoms with van der Waals surface area (Å²) in [6.45, 7) is 4.14. The third-order valence-electron chi connectivity index (χ3n) is 3.12. The molecule has 0 saturated carbocycles. The number of non-ortho nitro benzene ring substituents is 1. The maximum Gasteiger partial charge on any atom is 0.269 e. The van der Waals surface area contributed by atoms with Crippen LogP contribution in [0.2, 0.25) is 0 Å². The number of guanidine groups is 1. The molecular formula is C16H20N4O2S. The second kappa shape index (κ2) is 8.89. The van der Waals surface area contributed by atoms with Crippen LogP contribution < -0.4 is 10.6 Å². The Morgan fingerprint density at radius 3 is 2.65 bits per heavy atom. The maximum atomic E-state index is 10.7. The van der Waals surface area contributed by atoms with E-state index in [0.29, 0.717) is 6.54 Å². The minimum atomic E-state index is -0.399. The van der Waals surface area contributed by atoms with E-state index in [0.717, 1.165) is 31.0 Å². The topological polar surface area (TPSA) is 79.6 Å². The smallest absolute Gasteiger partial charge is 0.269 e. The fourth-order valence-electron chi connectivity index (χ4n) is 1.90. The summed E-state index contributed by atoms with van der Waals surface area (Å²) in [7, 11) is 0. The van der Waals surface area contributed by atoms with Crippen LogP contribution in [-0.4, -0.2) is 17.4 Å². The summed E-state index contributed by atoms with van der Waals surface area (Å²) in [5, 5.41) is 19.3. The number of benzene rings is 1. The van der Waals surface area contributed by atoms with Crippen LogP contribution in [0.25, 0.3) is 0 Å². The Morgan fingerprint density at radius 2 is 2.04 bits per heavy atom. The van der Waals surface area contributed by atoms with Gasteiger partial charge in [0.25, 0.3) is 5.69 Å². The van der Waals surface area contributed by atoms with Crippen molar-refractivity contribution < 1.29 is 4.92 Å². The number of hydrogen-bond acceptors (Lipinski definition) is 4. The van der Waals surface area contributed by atoms with E-state index in [9.17, 15) is 10.1 Å². The molecule has 0 bridgehead atoms. The van der Waals surface area contributed by atoms with E-state index >= 15 is 0 Å². The molecule has 23 heavy (non-hydrogen) atoms. The fraction of sp³-hybridized carbons (Fsp3) is 0.312. The van der Waals surface area contributed by atoms with E-state index in [1.807, 2.05) is 11.4 Å². The molecule has 0 saturated heterocycles. The highest BCUT2D eigenvalue weighted by atomic mass is 32.1. The van der Waals surface area contributed by atoms with Gasteiger partial charge in [-0.3, -0.25) is 10.1 Å². The second-order valence-electron chi connectivity index (χ2n) is 4.95. The van der Waals surface area contributed by atoms with Crippen molar-refractivity contribution >= 4 is 23.0 Å². The van der Waals surface area contributed by atoms with Gasteiger partial charge in [-0.25, -0.2) is 4.99 Å². The first-order valence-corrected chi connectivity index (χ1v) is 8.35. The van der Waals surface area contributed by atoms with Gasteiger partial charge in [-0.1, -0.05) is 25.1 Å². The Morgan fingerprint density at radius 1 is 1.26 bits per heavy atom. The maximum absolute atomic E-state index is 10.7. The minimum Gasteiger partial charge on any atom is -0.356 e. The largest absolute Gasteiger partial charge is 0.356 e. The van der Waals surface area contributed by atoms with Crippen molar-refractivity contribution in [1.82, 2.24) is 10.6 Å². The number of hydrogen-bond donors (Lipinski definition) is 2. The van der Waals surface area contributed by atoms with Gasteiger partial charge in [0, 0.05) is 23.6 Å². The molecule has 2 rings (SSSR count). The van der Waals surface area contributed by atoms with E-state index < -0.39 is 4.92 Å². The molecule has 1 aromatic heterocycles. The zero-order valence-electron chi connectivity index (χ0n) is 13.0. The Balaban J connectivity index is 1.96. The van der Waals surface area contributed by atoms with Crippen molar-refractivity contribution in [2.75, 3.05) is 6.54 Å². The lowest BCUT2D eigenvalue weighted by atomic mass is 10.2. The van der Waals surface area contributed by atoms with E-state index in [4.69, 9.17) is 0 Å². The SMILES string of the molecule is CCCNC(=NCc1ccc([N+](=O)[O-])cc1)NCc1cccs1. The summed E-state index contributed by atoms with van der Waals surface area (Å²) < 4.78 is 0. The lowest BCUT2D eigenvalue weighted by molar-refractivity contribution is -0.384. The molecule has 0 aliphatic rings. The molecule has 0 aliphatic heterocycles. The predicted molar refractivity (Wildman–Crippen MR) is 93.7 cm³/mol. The molecule has 0 amide bonds. The molecule has 0 aliphatic carbocycles. The Bertz CT molecular complexity index is 639. The number of nitrogens with one attached hydrogen (secondary N) is 2. The molecule has 6 nitrogen and oxygen atoms in total. The van der Waals surface area contributed by atoms with Crippen molar-refractivity contribution in [1.29, 1.82) is 0 Å². The van der Waals surface area contributed by atoms with E-state index in [2.05, 4.69) is 28.6 Å². The third kappa shape index (κ3) is 5.71. The summed E-state index contributed by atoms with van der Waals surface area (Å²) in [6, 6.07) is 10.6. The number of thiophene rings is 1. The van der Waals surface area contributed by atoms with Crippen LogP contribution in [0.3, 0.4) is 0 Å². The molecule has 7 heteroatoms. The van der Waals surface area contributed by atoms with Crippen molar-refractivity contribution in [2.24, 2.45) is 4.99 Å². The highest BCUT2D eigenvalue weighted by Crippen LogP contribution is 2.12. The molecule has 1 aromatic carbocycles. The first-order valence-electron chi connectivity index (χ1n) is 7.47. The third-order valence-corrected chi connectivity index (χ3v) is 4.00. The molecule has 2 aromatic rings. The lowest BCUT2D eigenvalue weighted by Gasteiger charge is -2.11. The first-order chi connectivity index (χ1) is 11.2. The van der Waals surface area contributed by atoms with E-state index in [1.165, 1.54) is 17.0 Å². The molecule has 0 spiro atoms. The van der Waals surface area contributed by atoms with Gasteiger partial charge in [0.1, 0.15) is 0 Å². The summed E-state index contributed by atoms with van der Waals surface area (Å²) in [5.41, 5.74) is 1.03. The first kappa shape index (κ1) is 17.0. The summed E-state index contributed by atoms with van der Waals surface area (Å²) in [4.78, 5) is 16.0. The Labute approximate surface area is 139 Å². The minimum absolute atomic E-state index is 0.0953. The zero-order valence-corrected chi connectivity index (χ0v) is 13.8. The van der Waals surface area contributed by atoms with Crippen molar-refractivity contribution in [3.05, 3.63) is 62.3 Å².